The highest BCUT2D eigenvalue weighted by atomic mass is 35.5. The van der Waals surface area contributed by atoms with Crippen molar-refractivity contribution < 1.29 is 36.2 Å². The molecular weight excluding hydrogens is 480 g/mol. The summed E-state index contributed by atoms with van der Waals surface area (Å²) in [7, 11) is 0. The van der Waals surface area contributed by atoms with E-state index in [0.717, 1.165) is 12.1 Å². The molecule has 0 aromatic heterocycles. The predicted octanol–water partition coefficient (Wildman–Crippen LogP) is 6.60. The Morgan fingerprint density at radius 3 is 2.06 bits per heavy atom. The minimum absolute atomic E-state index is 0.00547. The van der Waals surface area contributed by atoms with Crippen molar-refractivity contribution in [1.29, 1.82) is 0 Å². The van der Waals surface area contributed by atoms with Crippen LogP contribution in [0.3, 0.4) is 0 Å². The molecule has 2 aromatic rings. The normalized spacial score (nSPS) is 14.2. The molecule has 11 heteroatoms. The molecule has 0 heterocycles. The molecule has 32 heavy (non-hydrogen) atoms. The van der Waals surface area contributed by atoms with Gasteiger partial charge in [-0.25, -0.2) is 0 Å². The van der Waals surface area contributed by atoms with E-state index >= 15 is 0 Å². The fraction of sp³-hybridized carbons (Fsp3) is 0.381. The summed E-state index contributed by atoms with van der Waals surface area (Å²) in [6.45, 7) is 0. The fourth-order valence-corrected chi connectivity index (χ4v) is 4.24. The number of aliphatic carboxylic acids is 1. The van der Waals surface area contributed by atoms with E-state index in [0.29, 0.717) is 11.3 Å². The van der Waals surface area contributed by atoms with Crippen LogP contribution in [0, 0.1) is 0 Å². The molecule has 0 fully saturated rings. The van der Waals surface area contributed by atoms with Crippen molar-refractivity contribution in [1.82, 2.24) is 0 Å². The molecule has 3 N–H and O–H groups in total. The lowest BCUT2D eigenvalue weighted by molar-refractivity contribution is -0.150. The van der Waals surface area contributed by atoms with E-state index in [1.807, 2.05) is 0 Å². The fourth-order valence-electron chi connectivity index (χ4n) is 2.99. The third-order valence-corrected chi connectivity index (χ3v) is 6.13. The second kappa shape index (κ2) is 10.8. The van der Waals surface area contributed by atoms with Gasteiger partial charge in [0.05, 0.1) is 16.5 Å². The molecular formula is C21H20ClF6NO2S. The Labute approximate surface area is 189 Å². The number of hydrogen-bond donors (Lipinski definition) is 2. The zero-order chi connectivity index (χ0) is 24.1. The smallest absolute Gasteiger partial charge is 0.417 e. The van der Waals surface area contributed by atoms with Gasteiger partial charge in [-0.15, -0.1) is 0 Å². The van der Waals surface area contributed by atoms with E-state index < -0.39 is 40.9 Å². The maximum absolute atomic E-state index is 13.6. The highest BCUT2D eigenvalue weighted by Crippen LogP contribution is 2.40. The summed E-state index contributed by atoms with van der Waals surface area (Å²) in [6.07, 6.45) is -9.24. The maximum atomic E-state index is 13.6. The Hall–Kier alpha value is -1.91. The lowest BCUT2D eigenvalue weighted by atomic mass is 9.93. The molecule has 0 radical (unpaired) electrons. The second-order valence-corrected chi connectivity index (χ2v) is 8.67. The molecule has 3 nitrogen and oxygen atoms in total. The number of benzene rings is 2. The van der Waals surface area contributed by atoms with E-state index in [4.69, 9.17) is 22.4 Å². The van der Waals surface area contributed by atoms with Crippen molar-refractivity contribution in [3.05, 3.63) is 58.6 Å². The average Bonchev–Trinajstić information content (AvgIpc) is 2.69. The molecule has 0 amide bonds. The van der Waals surface area contributed by atoms with Gasteiger partial charge in [0.2, 0.25) is 0 Å². The minimum atomic E-state index is -4.65. The third kappa shape index (κ3) is 7.31. The molecule has 0 aliphatic carbocycles. The summed E-state index contributed by atoms with van der Waals surface area (Å²) < 4.78 is 79.8. The van der Waals surface area contributed by atoms with E-state index in [2.05, 4.69) is 0 Å². The first-order valence-corrected chi connectivity index (χ1v) is 10.9. The number of rotatable bonds is 9. The molecule has 2 rings (SSSR count). The van der Waals surface area contributed by atoms with Gasteiger partial charge in [0, 0.05) is 0 Å². The van der Waals surface area contributed by atoms with E-state index in [1.54, 1.807) is 0 Å². The monoisotopic (exact) mass is 499 g/mol. The predicted molar refractivity (Wildman–Crippen MR) is 113 cm³/mol. The molecule has 0 bridgehead atoms. The zero-order valence-corrected chi connectivity index (χ0v) is 18.1. The van der Waals surface area contributed by atoms with E-state index in [-0.39, 0.29) is 29.7 Å². The number of halogens is 7. The van der Waals surface area contributed by atoms with Gasteiger partial charge in [-0.2, -0.15) is 38.1 Å². The average molecular weight is 500 g/mol. The Morgan fingerprint density at radius 1 is 0.969 bits per heavy atom. The number of carboxylic acids is 1. The van der Waals surface area contributed by atoms with Gasteiger partial charge in [-0.05, 0) is 53.2 Å². The van der Waals surface area contributed by atoms with Crippen LogP contribution in [0.1, 0.15) is 29.9 Å². The summed E-state index contributed by atoms with van der Waals surface area (Å²) in [5.74, 6) is -2.46. The third-order valence-electron chi connectivity index (χ3n) is 4.75. The number of thioether (sulfide) groups is 1. The van der Waals surface area contributed by atoms with Crippen LogP contribution in [0.25, 0.3) is 11.1 Å². The van der Waals surface area contributed by atoms with Crippen LogP contribution >= 0.6 is 23.4 Å². The van der Waals surface area contributed by atoms with Crippen LogP contribution in [0.4, 0.5) is 26.3 Å². The molecule has 2 unspecified atom stereocenters. The molecule has 0 aliphatic heterocycles. The Kier molecular flexibility index (Phi) is 8.90. The standard InChI is InChI=1S/C21H20ClF6NO2S/c22-17-6-5-14(11-16(17)21(26,27)28)12-1-3-13(4-2-12)15(20(23,24)25)7-9-32-10-8-18(29)19(30)31/h1-6,11,15,18H,7-10,29H2,(H,30,31). The highest BCUT2D eigenvalue weighted by Gasteiger charge is 2.40. The van der Waals surface area contributed by atoms with Crippen molar-refractivity contribution >= 4 is 29.3 Å². The first-order chi connectivity index (χ1) is 14.8. The van der Waals surface area contributed by atoms with Gasteiger partial charge in [-0.1, -0.05) is 41.9 Å². The first kappa shape index (κ1) is 26.3. The largest absolute Gasteiger partial charge is 0.480 e. The number of alkyl halides is 6. The Morgan fingerprint density at radius 2 is 1.53 bits per heavy atom. The van der Waals surface area contributed by atoms with Gasteiger partial charge < -0.3 is 10.8 Å². The topological polar surface area (TPSA) is 63.3 Å². The van der Waals surface area contributed by atoms with Gasteiger partial charge in [-0.3, -0.25) is 4.79 Å². The quantitative estimate of drug-likeness (QED) is 0.301. The van der Waals surface area contributed by atoms with Gasteiger partial charge in [0.15, 0.2) is 0 Å². The molecule has 0 saturated carbocycles. The summed E-state index contributed by atoms with van der Waals surface area (Å²) in [4.78, 5) is 10.7. The SMILES string of the molecule is NC(CCSCCC(c1ccc(-c2ccc(Cl)c(C(F)(F)F)c2)cc1)C(F)(F)F)C(=O)O. The van der Waals surface area contributed by atoms with Crippen molar-refractivity contribution in [2.75, 3.05) is 11.5 Å². The summed E-state index contributed by atoms with van der Waals surface area (Å²) >= 11 is 6.79. The van der Waals surface area contributed by atoms with Crippen LogP contribution < -0.4 is 5.73 Å². The molecule has 2 atom stereocenters. The van der Waals surface area contributed by atoms with E-state index in [9.17, 15) is 31.1 Å². The highest BCUT2D eigenvalue weighted by molar-refractivity contribution is 7.99. The van der Waals surface area contributed by atoms with Crippen LogP contribution in [-0.2, 0) is 11.0 Å². The van der Waals surface area contributed by atoms with Crippen molar-refractivity contribution in [3.8, 4) is 11.1 Å². The van der Waals surface area contributed by atoms with Gasteiger partial charge in [0.1, 0.15) is 6.04 Å². The van der Waals surface area contributed by atoms with Crippen LogP contribution in [0.15, 0.2) is 42.5 Å². The van der Waals surface area contributed by atoms with Crippen LogP contribution in [-0.4, -0.2) is 34.8 Å². The lowest BCUT2D eigenvalue weighted by Gasteiger charge is -2.21. The minimum Gasteiger partial charge on any atom is -0.480 e. The Bertz CT molecular complexity index is 918. The van der Waals surface area contributed by atoms with Gasteiger partial charge >= 0.3 is 18.3 Å². The summed E-state index contributed by atoms with van der Waals surface area (Å²) in [5.41, 5.74) is 4.84. The number of nitrogens with two attached hydrogens (primary N) is 1. The van der Waals surface area contributed by atoms with Crippen molar-refractivity contribution in [2.45, 2.75) is 37.2 Å². The van der Waals surface area contributed by atoms with Crippen LogP contribution in [0.2, 0.25) is 5.02 Å². The number of carboxylic acid groups (broad SMARTS) is 1. The second-order valence-electron chi connectivity index (χ2n) is 7.04. The molecule has 2 aromatic carbocycles. The van der Waals surface area contributed by atoms with E-state index in [1.165, 1.54) is 42.1 Å². The van der Waals surface area contributed by atoms with Crippen molar-refractivity contribution in [2.24, 2.45) is 5.73 Å². The van der Waals surface area contributed by atoms with Crippen LogP contribution in [0.5, 0.6) is 0 Å². The van der Waals surface area contributed by atoms with Crippen molar-refractivity contribution in [3.63, 3.8) is 0 Å². The number of hydrogen-bond acceptors (Lipinski definition) is 3. The molecule has 176 valence electrons. The summed E-state index contributed by atoms with van der Waals surface area (Å²) in [6, 6.07) is 7.45. The first-order valence-electron chi connectivity index (χ1n) is 9.40. The molecule has 0 spiro atoms. The lowest BCUT2D eigenvalue weighted by Crippen LogP contribution is -2.30. The Balaban J connectivity index is 2.11. The maximum Gasteiger partial charge on any atom is 0.417 e. The zero-order valence-electron chi connectivity index (χ0n) is 16.5. The summed E-state index contributed by atoms with van der Waals surface area (Å²) in [5, 5.41) is 8.25. The van der Waals surface area contributed by atoms with Gasteiger partial charge in [0.25, 0.3) is 0 Å². The molecule has 0 aliphatic rings. The molecule has 0 saturated heterocycles. The number of carbonyl (C=O) groups is 1.